The summed E-state index contributed by atoms with van der Waals surface area (Å²) in [7, 11) is 0. The number of carbonyl (C=O) groups is 1. The number of carboxylic acids is 1. The fraction of sp³-hybridized carbons (Fsp3) is 0.400. The van der Waals surface area contributed by atoms with E-state index in [1.54, 1.807) is 25.1 Å². The minimum absolute atomic E-state index is 0.0355. The number of aromatic carboxylic acids is 1. The molecule has 0 bridgehead atoms. The first-order valence-electron chi connectivity index (χ1n) is 8.70. The summed E-state index contributed by atoms with van der Waals surface area (Å²) in [6.45, 7) is 8.21. The predicted molar refractivity (Wildman–Crippen MR) is 103 cm³/mol. The van der Waals surface area contributed by atoms with Crippen molar-refractivity contribution in [2.45, 2.75) is 39.3 Å². The molecule has 1 atom stereocenters. The highest BCUT2D eigenvalue weighted by Gasteiger charge is 2.18. The third kappa shape index (κ3) is 6.23. The maximum Gasteiger partial charge on any atom is 0.341 e. The van der Waals surface area contributed by atoms with Crippen molar-refractivity contribution >= 4 is 18.1 Å². The van der Waals surface area contributed by atoms with Gasteiger partial charge in [-0.2, -0.15) is 0 Å². The molecule has 0 aliphatic heterocycles. The lowest BCUT2D eigenvalue weighted by atomic mass is 10.1. The Kier molecular flexibility index (Phi) is 6.76. The van der Waals surface area contributed by atoms with E-state index in [1.807, 2.05) is 39.0 Å². The quantitative estimate of drug-likeness (QED) is 0.652. The number of rotatable bonds is 8. The molecular formula is C20H26N2O5. The number of ether oxygens (including phenoxy) is 1. The molecule has 7 nitrogen and oxygen atoms in total. The molecule has 0 amide bonds. The van der Waals surface area contributed by atoms with E-state index < -0.39 is 12.1 Å². The van der Waals surface area contributed by atoms with Crippen LogP contribution in [0.2, 0.25) is 0 Å². The summed E-state index contributed by atoms with van der Waals surface area (Å²) in [6, 6.07) is 7.28. The van der Waals surface area contributed by atoms with Crippen LogP contribution >= 0.6 is 0 Å². The monoisotopic (exact) mass is 374 g/mol. The molecule has 2 rings (SSSR count). The zero-order valence-corrected chi connectivity index (χ0v) is 16.0. The minimum Gasteiger partial charge on any atom is -0.490 e. The van der Waals surface area contributed by atoms with Gasteiger partial charge >= 0.3 is 5.97 Å². The smallest absolute Gasteiger partial charge is 0.341 e. The maximum absolute atomic E-state index is 11.3. The van der Waals surface area contributed by atoms with E-state index in [0.717, 1.165) is 5.56 Å². The molecule has 7 heteroatoms. The highest BCUT2D eigenvalue weighted by molar-refractivity contribution is 5.93. The molecule has 146 valence electrons. The van der Waals surface area contributed by atoms with Crippen molar-refractivity contribution in [2.75, 3.05) is 13.2 Å². The van der Waals surface area contributed by atoms with Gasteiger partial charge in [0, 0.05) is 17.6 Å². The van der Waals surface area contributed by atoms with Gasteiger partial charge in [0.05, 0.1) is 5.69 Å². The molecule has 0 saturated heterocycles. The average molecular weight is 374 g/mol. The Morgan fingerprint density at radius 2 is 2.04 bits per heavy atom. The lowest BCUT2D eigenvalue weighted by Gasteiger charge is -2.23. The van der Waals surface area contributed by atoms with E-state index in [1.165, 1.54) is 0 Å². The van der Waals surface area contributed by atoms with Gasteiger partial charge in [0.25, 0.3) is 0 Å². The number of aliphatic hydroxyl groups is 1. The Morgan fingerprint density at radius 1 is 1.33 bits per heavy atom. The Morgan fingerprint density at radius 3 is 2.70 bits per heavy atom. The van der Waals surface area contributed by atoms with Crippen molar-refractivity contribution in [2.24, 2.45) is 0 Å². The van der Waals surface area contributed by atoms with Gasteiger partial charge in [0.1, 0.15) is 24.0 Å². The van der Waals surface area contributed by atoms with E-state index in [0.29, 0.717) is 18.0 Å². The van der Waals surface area contributed by atoms with Crippen molar-refractivity contribution < 1.29 is 24.3 Å². The van der Waals surface area contributed by atoms with Crippen molar-refractivity contribution in [3.05, 3.63) is 46.8 Å². The van der Waals surface area contributed by atoms with Crippen LogP contribution in [0.4, 0.5) is 0 Å². The molecule has 0 fully saturated rings. The van der Waals surface area contributed by atoms with Gasteiger partial charge in [-0.25, -0.2) is 4.79 Å². The van der Waals surface area contributed by atoms with Crippen LogP contribution in [0.15, 0.2) is 28.8 Å². The lowest BCUT2D eigenvalue weighted by Crippen LogP contribution is -2.42. The van der Waals surface area contributed by atoms with Crippen LogP contribution in [0.25, 0.3) is 12.2 Å². The molecule has 0 spiro atoms. The van der Waals surface area contributed by atoms with E-state index in [2.05, 4.69) is 10.5 Å². The number of aryl methyl sites for hydroxylation is 1. The normalized spacial score (nSPS) is 13.1. The van der Waals surface area contributed by atoms with E-state index >= 15 is 0 Å². The Bertz CT molecular complexity index is 805. The van der Waals surface area contributed by atoms with Crippen LogP contribution in [0.5, 0.6) is 5.75 Å². The molecule has 1 heterocycles. The number of hydrogen-bond acceptors (Lipinski definition) is 6. The first kappa shape index (κ1) is 20.7. The van der Waals surface area contributed by atoms with Crippen molar-refractivity contribution in [3.8, 4) is 5.75 Å². The van der Waals surface area contributed by atoms with Crippen molar-refractivity contribution in [1.82, 2.24) is 10.5 Å². The number of nitrogens with zero attached hydrogens (tertiary/aromatic N) is 1. The summed E-state index contributed by atoms with van der Waals surface area (Å²) in [5.41, 5.74) is 1.01. The molecule has 3 N–H and O–H groups in total. The van der Waals surface area contributed by atoms with E-state index in [-0.39, 0.29) is 23.5 Å². The van der Waals surface area contributed by atoms with Gasteiger partial charge in [0.2, 0.25) is 0 Å². The molecule has 1 aromatic heterocycles. The van der Waals surface area contributed by atoms with Crippen LogP contribution in [-0.2, 0) is 0 Å². The Hall–Kier alpha value is -2.64. The zero-order valence-electron chi connectivity index (χ0n) is 16.0. The highest BCUT2D eigenvalue weighted by atomic mass is 16.5. The summed E-state index contributed by atoms with van der Waals surface area (Å²) in [4.78, 5) is 11.3. The second-order valence-corrected chi connectivity index (χ2v) is 7.28. The molecule has 27 heavy (non-hydrogen) atoms. The number of para-hydroxylation sites is 1. The number of carboxylic acid groups (broad SMARTS) is 1. The SMILES string of the molecule is Cc1noc(C=Cc2ccccc2OCC(O)CNC(C)(C)C)c1C(=O)O. The first-order valence-corrected chi connectivity index (χ1v) is 8.70. The number of aromatic nitrogens is 1. The van der Waals surface area contributed by atoms with Crippen LogP contribution in [-0.4, -0.2) is 46.1 Å². The minimum atomic E-state index is -1.09. The molecular weight excluding hydrogens is 348 g/mol. The topological polar surface area (TPSA) is 105 Å². The summed E-state index contributed by atoms with van der Waals surface area (Å²) in [5.74, 6) is -0.340. The number of benzene rings is 1. The third-order valence-electron chi connectivity index (χ3n) is 3.74. The Labute approximate surface area is 158 Å². The number of β-amino-alcohol motifs (C(OH)–C–C–N with tert-alkyl or cyclic N) is 1. The average Bonchev–Trinajstić information content (AvgIpc) is 2.97. The van der Waals surface area contributed by atoms with Crippen molar-refractivity contribution in [3.63, 3.8) is 0 Å². The van der Waals surface area contributed by atoms with E-state index in [9.17, 15) is 15.0 Å². The van der Waals surface area contributed by atoms with Gasteiger partial charge < -0.3 is 24.8 Å². The number of aliphatic hydroxyl groups excluding tert-OH is 1. The predicted octanol–water partition coefficient (Wildman–Crippen LogP) is 2.98. The third-order valence-corrected chi connectivity index (χ3v) is 3.74. The number of nitrogens with one attached hydrogen (secondary N) is 1. The van der Waals surface area contributed by atoms with Crippen LogP contribution < -0.4 is 10.1 Å². The van der Waals surface area contributed by atoms with Crippen LogP contribution in [0, 0.1) is 6.92 Å². The molecule has 0 aliphatic rings. The van der Waals surface area contributed by atoms with Gasteiger partial charge in [-0.05, 0) is 45.9 Å². The largest absolute Gasteiger partial charge is 0.490 e. The molecule has 2 aromatic rings. The molecule has 1 unspecified atom stereocenters. The van der Waals surface area contributed by atoms with Gasteiger partial charge in [-0.1, -0.05) is 23.4 Å². The lowest BCUT2D eigenvalue weighted by molar-refractivity contribution is 0.0695. The zero-order chi connectivity index (χ0) is 20.0. The standard InChI is InChI=1S/C20H26N2O5/c1-13-18(19(24)25)17(27-22-13)10-9-14-7-5-6-8-16(14)26-12-15(23)11-21-20(2,3)4/h5-10,15,21,23H,11-12H2,1-4H3,(H,24,25). The fourth-order valence-corrected chi connectivity index (χ4v) is 2.35. The van der Waals surface area contributed by atoms with Gasteiger partial charge in [0.15, 0.2) is 5.76 Å². The molecule has 1 aromatic carbocycles. The summed E-state index contributed by atoms with van der Waals surface area (Å²) in [6.07, 6.45) is 2.59. The van der Waals surface area contributed by atoms with Crippen LogP contribution in [0.3, 0.4) is 0 Å². The van der Waals surface area contributed by atoms with E-state index in [4.69, 9.17) is 9.26 Å². The Balaban J connectivity index is 2.07. The molecule has 0 radical (unpaired) electrons. The summed E-state index contributed by atoms with van der Waals surface area (Å²) >= 11 is 0. The highest BCUT2D eigenvalue weighted by Crippen LogP contribution is 2.22. The second kappa shape index (κ2) is 8.83. The maximum atomic E-state index is 11.3. The summed E-state index contributed by atoms with van der Waals surface area (Å²) in [5, 5.41) is 26.2. The second-order valence-electron chi connectivity index (χ2n) is 7.28. The van der Waals surface area contributed by atoms with Crippen LogP contribution in [0.1, 0.15) is 48.1 Å². The van der Waals surface area contributed by atoms with Gasteiger partial charge in [-0.15, -0.1) is 0 Å². The fourth-order valence-electron chi connectivity index (χ4n) is 2.35. The number of hydrogen-bond donors (Lipinski definition) is 3. The molecule has 0 saturated carbocycles. The first-order chi connectivity index (χ1) is 12.7. The van der Waals surface area contributed by atoms with Crippen molar-refractivity contribution in [1.29, 1.82) is 0 Å². The molecule has 0 aliphatic carbocycles. The summed E-state index contributed by atoms with van der Waals surface area (Å²) < 4.78 is 10.8. The van der Waals surface area contributed by atoms with Gasteiger partial charge in [-0.3, -0.25) is 0 Å².